The highest BCUT2D eigenvalue weighted by atomic mass is 35.5. The molecule has 6 heteroatoms. The first-order valence-electron chi connectivity index (χ1n) is 8.15. The maximum Gasteiger partial charge on any atom is 0.255 e. The van der Waals surface area contributed by atoms with Crippen molar-refractivity contribution in [1.29, 1.82) is 0 Å². The molecule has 2 aromatic rings. The minimum atomic E-state index is -0.593. The molecule has 1 aromatic heterocycles. The van der Waals surface area contributed by atoms with E-state index in [2.05, 4.69) is 21.7 Å². The van der Waals surface area contributed by atoms with Crippen LogP contribution in [0.15, 0.2) is 35.0 Å². The number of nitrogens with one attached hydrogen (secondary N) is 1. The zero-order valence-electron chi connectivity index (χ0n) is 13.3. The number of carbonyl (C=O) groups is 1. The Bertz CT molecular complexity index is 666. The molecular formula is C18H20ClFN2OS. The normalized spacial score (nSPS) is 16.8. The summed E-state index contributed by atoms with van der Waals surface area (Å²) in [7, 11) is 0. The second-order valence-corrected chi connectivity index (χ2v) is 7.16. The summed E-state index contributed by atoms with van der Waals surface area (Å²) in [5, 5.41) is 7.16. The van der Waals surface area contributed by atoms with Crippen LogP contribution in [0.2, 0.25) is 5.02 Å². The van der Waals surface area contributed by atoms with Gasteiger partial charge in [0.2, 0.25) is 0 Å². The fourth-order valence-corrected chi connectivity index (χ4v) is 4.10. The Balaban J connectivity index is 1.72. The lowest BCUT2D eigenvalue weighted by molar-refractivity contribution is 0.0921. The summed E-state index contributed by atoms with van der Waals surface area (Å²) in [6.45, 7) is 2.49. The van der Waals surface area contributed by atoms with E-state index in [1.54, 1.807) is 11.3 Å². The fourth-order valence-electron chi connectivity index (χ4n) is 3.14. The van der Waals surface area contributed by atoms with Gasteiger partial charge in [-0.3, -0.25) is 9.69 Å². The van der Waals surface area contributed by atoms with Crippen molar-refractivity contribution in [2.24, 2.45) is 0 Å². The van der Waals surface area contributed by atoms with Crippen LogP contribution in [-0.2, 0) is 0 Å². The number of benzene rings is 1. The minimum absolute atomic E-state index is 0.0816. The van der Waals surface area contributed by atoms with Gasteiger partial charge in [0.1, 0.15) is 5.82 Å². The van der Waals surface area contributed by atoms with Gasteiger partial charge >= 0.3 is 0 Å². The van der Waals surface area contributed by atoms with Gasteiger partial charge in [-0.1, -0.05) is 24.1 Å². The summed E-state index contributed by atoms with van der Waals surface area (Å²) in [6.07, 6.45) is 3.60. The first kappa shape index (κ1) is 17.4. The first-order valence-corrected chi connectivity index (χ1v) is 9.47. The maximum atomic E-state index is 13.9. The molecule has 0 spiro atoms. The molecule has 1 unspecified atom stereocenters. The SMILES string of the molecule is O=C(NCC(c1ccsc1)N1CCCCC1)c1c(F)cccc1Cl. The highest BCUT2D eigenvalue weighted by molar-refractivity contribution is 7.07. The molecule has 1 fully saturated rings. The number of hydrogen-bond acceptors (Lipinski definition) is 3. The summed E-state index contributed by atoms with van der Waals surface area (Å²) in [4.78, 5) is 14.8. The minimum Gasteiger partial charge on any atom is -0.350 e. The number of piperidine rings is 1. The Labute approximate surface area is 150 Å². The second kappa shape index (κ2) is 8.10. The molecular weight excluding hydrogens is 347 g/mol. The number of nitrogens with zero attached hydrogens (tertiary/aromatic N) is 1. The van der Waals surface area contributed by atoms with Gasteiger partial charge in [0.25, 0.3) is 5.91 Å². The number of rotatable bonds is 5. The van der Waals surface area contributed by atoms with Crippen LogP contribution in [0.1, 0.15) is 41.2 Å². The predicted molar refractivity (Wildman–Crippen MR) is 96.2 cm³/mol. The third-order valence-electron chi connectivity index (χ3n) is 4.41. The molecule has 0 bridgehead atoms. The van der Waals surface area contributed by atoms with Crippen LogP contribution in [0.25, 0.3) is 0 Å². The smallest absolute Gasteiger partial charge is 0.255 e. The number of likely N-dealkylation sites (tertiary alicyclic amines) is 1. The van der Waals surface area contributed by atoms with Gasteiger partial charge in [0.05, 0.1) is 16.6 Å². The Morgan fingerprint density at radius 1 is 1.29 bits per heavy atom. The molecule has 2 heterocycles. The molecule has 3 rings (SSSR count). The third kappa shape index (κ3) is 3.97. The van der Waals surface area contributed by atoms with E-state index in [1.165, 1.54) is 43.0 Å². The fraction of sp³-hybridized carbons (Fsp3) is 0.389. The molecule has 128 valence electrons. The van der Waals surface area contributed by atoms with Crippen molar-refractivity contribution in [2.75, 3.05) is 19.6 Å². The third-order valence-corrected chi connectivity index (χ3v) is 5.42. The molecule has 0 aliphatic carbocycles. The summed E-state index contributed by atoms with van der Waals surface area (Å²) >= 11 is 7.63. The van der Waals surface area contributed by atoms with Crippen LogP contribution in [0.3, 0.4) is 0 Å². The Kier molecular flexibility index (Phi) is 5.87. The maximum absolute atomic E-state index is 13.9. The highest BCUT2D eigenvalue weighted by Gasteiger charge is 2.24. The molecule has 3 nitrogen and oxygen atoms in total. The van der Waals surface area contributed by atoms with E-state index in [-0.39, 0.29) is 16.6 Å². The number of thiophene rings is 1. The van der Waals surface area contributed by atoms with Gasteiger partial charge in [-0.15, -0.1) is 0 Å². The summed E-state index contributed by atoms with van der Waals surface area (Å²) in [5.41, 5.74) is 1.11. The average molecular weight is 367 g/mol. The van der Waals surface area contributed by atoms with E-state index >= 15 is 0 Å². The second-order valence-electron chi connectivity index (χ2n) is 5.98. The van der Waals surface area contributed by atoms with Gasteiger partial charge < -0.3 is 5.32 Å². The van der Waals surface area contributed by atoms with E-state index in [9.17, 15) is 9.18 Å². The topological polar surface area (TPSA) is 32.3 Å². The van der Waals surface area contributed by atoms with Crippen LogP contribution >= 0.6 is 22.9 Å². The van der Waals surface area contributed by atoms with Crippen LogP contribution in [-0.4, -0.2) is 30.4 Å². The largest absolute Gasteiger partial charge is 0.350 e. The summed E-state index contributed by atoms with van der Waals surface area (Å²) in [6, 6.07) is 6.48. The standard InChI is InChI=1S/C18H20ClFN2OS/c19-14-5-4-6-15(20)17(14)18(23)21-11-16(13-7-10-24-12-13)22-8-2-1-3-9-22/h4-7,10,12,16H,1-3,8-9,11H2,(H,21,23). The van der Waals surface area contributed by atoms with Crippen LogP contribution in [0.5, 0.6) is 0 Å². The molecule has 1 aliphatic heterocycles. The average Bonchev–Trinajstić information content (AvgIpc) is 3.10. The van der Waals surface area contributed by atoms with Crippen molar-refractivity contribution in [2.45, 2.75) is 25.3 Å². The summed E-state index contributed by atoms with van der Waals surface area (Å²) < 4.78 is 13.9. The van der Waals surface area contributed by atoms with Crippen molar-refractivity contribution in [3.8, 4) is 0 Å². The van der Waals surface area contributed by atoms with Crippen molar-refractivity contribution in [3.63, 3.8) is 0 Å². The van der Waals surface area contributed by atoms with E-state index in [0.29, 0.717) is 6.54 Å². The van der Waals surface area contributed by atoms with Crippen molar-refractivity contribution < 1.29 is 9.18 Å². The van der Waals surface area contributed by atoms with Gasteiger partial charge in [-0.25, -0.2) is 4.39 Å². The quantitative estimate of drug-likeness (QED) is 0.845. The van der Waals surface area contributed by atoms with Gasteiger partial charge in [-0.2, -0.15) is 11.3 Å². The molecule has 24 heavy (non-hydrogen) atoms. The van der Waals surface area contributed by atoms with Crippen LogP contribution < -0.4 is 5.32 Å². The monoisotopic (exact) mass is 366 g/mol. The van der Waals surface area contributed by atoms with E-state index in [1.807, 2.05) is 5.38 Å². The molecule has 1 aromatic carbocycles. The Hall–Kier alpha value is -1.43. The molecule has 1 amide bonds. The number of carbonyl (C=O) groups excluding carboxylic acids is 1. The molecule has 1 saturated heterocycles. The lowest BCUT2D eigenvalue weighted by Gasteiger charge is -2.34. The van der Waals surface area contributed by atoms with Gasteiger partial charge in [-0.05, 0) is 60.5 Å². The van der Waals surface area contributed by atoms with E-state index < -0.39 is 11.7 Å². The first-order chi connectivity index (χ1) is 11.7. The zero-order chi connectivity index (χ0) is 16.9. The van der Waals surface area contributed by atoms with Crippen molar-refractivity contribution in [3.05, 3.63) is 57.0 Å². The zero-order valence-corrected chi connectivity index (χ0v) is 14.9. The van der Waals surface area contributed by atoms with Gasteiger partial charge in [0.15, 0.2) is 0 Å². The lowest BCUT2D eigenvalue weighted by Crippen LogP contribution is -2.40. The van der Waals surface area contributed by atoms with E-state index in [4.69, 9.17) is 11.6 Å². The lowest BCUT2D eigenvalue weighted by atomic mass is 10.0. The molecule has 0 saturated carbocycles. The molecule has 0 radical (unpaired) electrons. The van der Waals surface area contributed by atoms with Gasteiger partial charge in [0, 0.05) is 6.54 Å². The van der Waals surface area contributed by atoms with Crippen molar-refractivity contribution >= 4 is 28.8 Å². The predicted octanol–water partition coefficient (Wildman–Crippen LogP) is 4.50. The number of hydrogen-bond donors (Lipinski definition) is 1. The van der Waals surface area contributed by atoms with Crippen LogP contribution in [0, 0.1) is 5.82 Å². The van der Waals surface area contributed by atoms with Crippen molar-refractivity contribution in [1.82, 2.24) is 10.2 Å². The Morgan fingerprint density at radius 2 is 2.08 bits per heavy atom. The summed E-state index contributed by atoms with van der Waals surface area (Å²) in [5.74, 6) is -1.06. The highest BCUT2D eigenvalue weighted by Crippen LogP contribution is 2.26. The molecule has 1 atom stereocenters. The number of halogens is 2. The van der Waals surface area contributed by atoms with E-state index in [0.717, 1.165) is 13.1 Å². The molecule has 1 aliphatic rings. The van der Waals surface area contributed by atoms with Crippen LogP contribution in [0.4, 0.5) is 4.39 Å². The Morgan fingerprint density at radius 3 is 2.75 bits per heavy atom. The molecule has 1 N–H and O–H groups in total. The number of amides is 1.